The average Bonchev–Trinajstić information content (AvgIpc) is 3.07. The van der Waals surface area contributed by atoms with Crippen molar-refractivity contribution in [1.29, 1.82) is 0 Å². The summed E-state index contributed by atoms with van der Waals surface area (Å²) in [6, 6.07) is 0. The molecule has 0 atom stereocenters. The summed E-state index contributed by atoms with van der Waals surface area (Å²) in [5, 5.41) is 20.3. The molecular formula is C10H10N8O2S. The molecule has 0 spiro atoms. The minimum absolute atomic E-state index is 0.0688. The third kappa shape index (κ3) is 2.54. The van der Waals surface area contributed by atoms with Gasteiger partial charge in [0.1, 0.15) is 17.4 Å². The van der Waals surface area contributed by atoms with Crippen molar-refractivity contribution in [3.05, 3.63) is 18.2 Å². The van der Waals surface area contributed by atoms with Crippen molar-refractivity contribution in [3.8, 4) is 0 Å². The monoisotopic (exact) mass is 306 g/mol. The number of aromatic nitrogens is 8. The third-order valence-corrected chi connectivity index (χ3v) is 3.61. The second-order valence-corrected chi connectivity index (χ2v) is 4.93. The Bertz CT molecular complexity index is 797. The van der Waals surface area contributed by atoms with Crippen LogP contribution in [0.25, 0.3) is 5.65 Å². The lowest BCUT2D eigenvalue weighted by Gasteiger charge is -2.03. The number of rotatable bonds is 4. The van der Waals surface area contributed by atoms with Crippen LogP contribution in [0.15, 0.2) is 22.6 Å². The van der Waals surface area contributed by atoms with Crippen molar-refractivity contribution >= 4 is 23.4 Å². The number of carbonyl (C=O) groups excluding carboxylic acids is 1. The summed E-state index contributed by atoms with van der Waals surface area (Å²) in [6.45, 7) is 1.77. The summed E-state index contributed by atoms with van der Waals surface area (Å²) in [7, 11) is 1.31. The molecule has 0 aliphatic carbocycles. The van der Waals surface area contributed by atoms with Crippen molar-refractivity contribution in [1.82, 2.24) is 39.8 Å². The van der Waals surface area contributed by atoms with Crippen LogP contribution in [-0.2, 0) is 16.1 Å². The van der Waals surface area contributed by atoms with E-state index in [2.05, 4.69) is 35.4 Å². The molecule has 3 aromatic heterocycles. The van der Waals surface area contributed by atoms with Gasteiger partial charge in [0.05, 0.1) is 7.11 Å². The molecule has 0 saturated carbocycles. The number of nitrogens with zero attached hydrogens (tertiary/aromatic N) is 8. The van der Waals surface area contributed by atoms with E-state index in [-0.39, 0.29) is 6.54 Å². The minimum atomic E-state index is -0.436. The van der Waals surface area contributed by atoms with Crippen molar-refractivity contribution in [2.75, 3.05) is 7.11 Å². The quantitative estimate of drug-likeness (QED) is 0.601. The van der Waals surface area contributed by atoms with Crippen molar-refractivity contribution in [3.63, 3.8) is 0 Å². The van der Waals surface area contributed by atoms with Gasteiger partial charge in [0, 0.05) is 12.4 Å². The van der Waals surface area contributed by atoms with Crippen molar-refractivity contribution < 1.29 is 9.53 Å². The van der Waals surface area contributed by atoms with E-state index in [0.29, 0.717) is 15.8 Å². The van der Waals surface area contributed by atoms with Gasteiger partial charge in [0.25, 0.3) is 0 Å². The molecule has 0 fully saturated rings. The highest BCUT2D eigenvalue weighted by Crippen LogP contribution is 2.26. The maximum absolute atomic E-state index is 11.3. The molecule has 0 unspecified atom stereocenters. The second kappa shape index (κ2) is 5.44. The fourth-order valence-electron chi connectivity index (χ4n) is 1.63. The maximum atomic E-state index is 11.3. The first-order valence-corrected chi connectivity index (χ1v) is 6.68. The predicted octanol–water partition coefficient (Wildman–Crippen LogP) is -0.257. The smallest absolute Gasteiger partial charge is 0.327 e. The number of fused-ring (bicyclic) bond motifs is 1. The predicted molar refractivity (Wildman–Crippen MR) is 69.5 cm³/mol. The Kier molecular flexibility index (Phi) is 3.48. The number of esters is 1. The van der Waals surface area contributed by atoms with E-state index in [1.807, 2.05) is 11.3 Å². The van der Waals surface area contributed by atoms with Crippen LogP contribution in [0, 0.1) is 6.92 Å². The Morgan fingerprint density at radius 1 is 1.38 bits per heavy atom. The highest BCUT2D eigenvalue weighted by Gasteiger charge is 2.16. The highest BCUT2D eigenvalue weighted by molar-refractivity contribution is 7.99. The molecule has 0 N–H and O–H groups in total. The summed E-state index contributed by atoms with van der Waals surface area (Å²) in [5.74, 6) is 0.317. The molecule has 0 bridgehead atoms. The molecule has 3 aromatic rings. The molecule has 0 aromatic carbocycles. The Labute approximate surface area is 122 Å². The molecule has 0 aliphatic heterocycles. The topological polar surface area (TPSA) is 113 Å². The SMILES string of the molecule is COC(=O)Cn1nnnc1Sc1nccn2c(C)nnc12. The van der Waals surface area contributed by atoms with E-state index in [1.54, 1.807) is 12.4 Å². The highest BCUT2D eigenvalue weighted by atomic mass is 32.2. The molecule has 0 saturated heterocycles. The van der Waals surface area contributed by atoms with E-state index >= 15 is 0 Å². The van der Waals surface area contributed by atoms with Crippen molar-refractivity contribution in [2.45, 2.75) is 23.7 Å². The average molecular weight is 306 g/mol. The third-order valence-electron chi connectivity index (χ3n) is 2.66. The molecule has 108 valence electrons. The van der Waals surface area contributed by atoms with E-state index < -0.39 is 5.97 Å². The van der Waals surface area contributed by atoms with Gasteiger partial charge in [-0.2, -0.15) is 0 Å². The van der Waals surface area contributed by atoms with Crippen LogP contribution < -0.4 is 0 Å². The minimum Gasteiger partial charge on any atom is -0.468 e. The number of methoxy groups -OCH3 is 1. The summed E-state index contributed by atoms with van der Waals surface area (Å²) < 4.78 is 7.74. The Balaban J connectivity index is 1.92. The number of hydrogen-bond acceptors (Lipinski definition) is 9. The Morgan fingerprint density at radius 3 is 3.05 bits per heavy atom. The second-order valence-electron chi connectivity index (χ2n) is 3.97. The fourth-order valence-corrected chi connectivity index (χ4v) is 2.43. The van der Waals surface area contributed by atoms with Crippen LogP contribution >= 0.6 is 11.8 Å². The number of carbonyl (C=O) groups is 1. The molecule has 11 heteroatoms. The first-order chi connectivity index (χ1) is 10.2. The largest absolute Gasteiger partial charge is 0.468 e. The molecule has 3 rings (SSSR count). The van der Waals surface area contributed by atoms with Gasteiger partial charge in [-0.05, 0) is 29.1 Å². The van der Waals surface area contributed by atoms with Crippen LogP contribution in [0.2, 0.25) is 0 Å². The zero-order chi connectivity index (χ0) is 14.8. The van der Waals surface area contributed by atoms with Crippen molar-refractivity contribution in [2.24, 2.45) is 0 Å². The summed E-state index contributed by atoms with van der Waals surface area (Å²) in [5.41, 5.74) is 0.604. The van der Waals surface area contributed by atoms with Gasteiger partial charge in [-0.15, -0.1) is 15.3 Å². The lowest BCUT2D eigenvalue weighted by molar-refractivity contribution is -0.141. The number of hydrogen-bond donors (Lipinski definition) is 0. The molecule has 21 heavy (non-hydrogen) atoms. The normalized spacial score (nSPS) is 11.0. The Morgan fingerprint density at radius 2 is 2.24 bits per heavy atom. The van der Waals surface area contributed by atoms with E-state index in [0.717, 1.165) is 5.82 Å². The number of tetrazole rings is 1. The molecular weight excluding hydrogens is 296 g/mol. The van der Waals surface area contributed by atoms with Gasteiger partial charge in [-0.25, -0.2) is 9.67 Å². The van der Waals surface area contributed by atoms with Crippen LogP contribution in [-0.4, -0.2) is 52.9 Å². The Hall–Kier alpha value is -2.56. The first kappa shape index (κ1) is 13.4. The van der Waals surface area contributed by atoms with E-state index in [1.165, 1.54) is 23.6 Å². The molecule has 0 aliphatic rings. The van der Waals surface area contributed by atoms with Crippen LogP contribution in [0.3, 0.4) is 0 Å². The number of aryl methyl sites for hydroxylation is 1. The first-order valence-electron chi connectivity index (χ1n) is 5.86. The molecule has 0 amide bonds. The molecule has 0 radical (unpaired) electrons. The van der Waals surface area contributed by atoms with Gasteiger partial charge < -0.3 is 4.74 Å². The molecule has 3 heterocycles. The van der Waals surface area contributed by atoms with E-state index in [4.69, 9.17) is 0 Å². The van der Waals surface area contributed by atoms with Crippen LogP contribution in [0.4, 0.5) is 0 Å². The lowest BCUT2D eigenvalue weighted by Crippen LogP contribution is -2.13. The fraction of sp³-hybridized carbons (Fsp3) is 0.300. The van der Waals surface area contributed by atoms with Gasteiger partial charge in [-0.3, -0.25) is 9.20 Å². The van der Waals surface area contributed by atoms with Gasteiger partial charge in [0.2, 0.25) is 5.16 Å². The zero-order valence-electron chi connectivity index (χ0n) is 11.2. The van der Waals surface area contributed by atoms with Gasteiger partial charge in [0.15, 0.2) is 5.65 Å². The van der Waals surface area contributed by atoms with Crippen LogP contribution in [0.5, 0.6) is 0 Å². The summed E-state index contributed by atoms with van der Waals surface area (Å²) in [6.07, 6.45) is 3.41. The van der Waals surface area contributed by atoms with Gasteiger partial charge in [-0.1, -0.05) is 0 Å². The number of ether oxygens (including phenoxy) is 1. The maximum Gasteiger partial charge on any atom is 0.327 e. The van der Waals surface area contributed by atoms with Gasteiger partial charge >= 0.3 is 5.97 Å². The summed E-state index contributed by atoms with van der Waals surface area (Å²) in [4.78, 5) is 15.6. The zero-order valence-corrected chi connectivity index (χ0v) is 12.0. The van der Waals surface area contributed by atoms with Crippen LogP contribution in [0.1, 0.15) is 5.82 Å². The summed E-state index contributed by atoms with van der Waals surface area (Å²) >= 11 is 1.20. The molecule has 10 nitrogen and oxygen atoms in total. The lowest BCUT2D eigenvalue weighted by atomic mass is 10.6. The standard InChI is InChI=1S/C10H10N8O2S/c1-6-12-13-8-9(11-3-4-17(6)8)21-10-14-15-16-18(10)5-7(19)20-2/h3-4H,5H2,1-2H3. The van der Waals surface area contributed by atoms with E-state index in [9.17, 15) is 4.79 Å².